The Morgan fingerprint density at radius 1 is 1.16 bits per heavy atom. The van der Waals surface area contributed by atoms with Gasteiger partial charge in [-0.05, 0) is 55.8 Å². The van der Waals surface area contributed by atoms with Crippen molar-refractivity contribution in [2.75, 3.05) is 39.8 Å². The smallest absolute Gasteiger partial charge is 0.224 e. The second-order valence-electron chi connectivity index (χ2n) is 7.31. The average molecular weight is 543 g/mol. The number of benzene rings is 1. The van der Waals surface area contributed by atoms with Crippen molar-refractivity contribution in [1.29, 1.82) is 0 Å². The van der Waals surface area contributed by atoms with Crippen molar-refractivity contribution in [3.8, 4) is 0 Å². The minimum absolute atomic E-state index is 0. The third kappa shape index (κ3) is 8.13. The van der Waals surface area contributed by atoms with Gasteiger partial charge in [0.1, 0.15) is 11.6 Å². The van der Waals surface area contributed by atoms with Gasteiger partial charge >= 0.3 is 0 Å². The van der Waals surface area contributed by atoms with Gasteiger partial charge in [0.2, 0.25) is 5.91 Å². The molecule has 7 nitrogen and oxygen atoms in total. The number of hydrogen-bond acceptors (Lipinski definition) is 4. The van der Waals surface area contributed by atoms with E-state index in [1.807, 2.05) is 12.1 Å². The molecule has 1 aromatic heterocycles. The molecular formula is C22H31FIN5O2. The van der Waals surface area contributed by atoms with E-state index in [4.69, 9.17) is 4.42 Å². The zero-order valence-electron chi connectivity index (χ0n) is 17.8. The van der Waals surface area contributed by atoms with Crippen molar-refractivity contribution >= 4 is 35.8 Å². The van der Waals surface area contributed by atoms with E-state index in [0.717, 1.165) is 18.8 Å². The van der Waals surface area contributed by atoms with Crippen LogP contribution in [0.1, 0.15) is 30.2 Å². The fraction of sp³-hybridized carbons (Fsp3) is 0.455. The van der Waals surface area contributed by atoms with Crippen LogP contribution in [-0.2, 0) is 11.2 Å². The van der Waals surface area contributed by atoms with E-state index in [2.05, 4.69) is 25.8 Å². The van der Waals surface area contributed by atoms with E-state index < -0.39 is 0 Å². The monoisotopic (exact) mass is 543 g/mol. The molecule has 170 valence electrons. The van der Waals surface area contributed by atoms with Crippen LogP contribution in [0.5, 0.6) is 0 Å². The molecule has 2 heterocycles. The maximum Gasteiger partial charge on any atom is 0.224 e. The standard InChI is InChI=1S/C22H30FN5O2.HI/c1-24-22(26-10-9-25-21(29)15-17-6-4-7-18(23)14-17)27-16-19(20-8-5-13-30-20)28-11-2-3-12-28;/h4-8,13-14,19H,2-3,9-12,15-16H2,1H3,(H,25,29)(H2,24,26,27);1H. The van der Waals surface area contributed by atoms with E-state index >= 15 is 0 Å². The van der Waals surface area contributed by atoms with Crippen LogP contribution in [0.4, 0.5) is 4.39 Å². The molecule has 1 aliphatic heterocycles. The summed E-state index contributed by atoms with van der Waals surface area (Å²) >= 11 is 0. The van der Waals surface area contributed by atoms with Crippen LogP contribution in [0, 0.1) is 5.82 Å². The Labute approximate surface area is 199 Å². The van der Waals surface area contributed by atoms with Gasteiger partial charge < -0.3 is 20.4 Å². The van der Waals surface area contributed by atoms with Crippen LogP contribution in [0.25, 0.3) is 0 Å². The molecule has 1 amide bonds. The number of nitrogens with one attached hydrogen (secondary N) is 3. The lowest BCUT2D eigenvalue weighted by molar-refractivity contribution is -0.120. The molecule has 3 rings (SSSR count). The van der Waals surface area contributed by atoms with Gasteiger partial charge in [0.25, 0.3) is 0 Å². The number of carbonyl (C=O) groups is 1. The van der Waals surface area contributed by atoms with E-state index in [-0.39, 0.29) is 48.2 Å². The fourth-order valence-electron chi connectivity index (χ4n) is 3.64. The predicted molar refractivity (Wildman–Crippen MR) is 130 cm³/mol. The van der Waals surface area contributed by atoms with Crippen LogP contribution in [0.2, 0.25) is 0 Å². The Morgan fingerprint density at radius 2 is 1.94 bits per heavy atom. The van der Waals surface area contributed by atoms with Crippen LogP contribution >= 0.6 is 24.0 Å². The van der Waals surface area contributed by atoms with Gasteiger partial charge in [-0.1, -0.05) is 12.1 Å². The third-order valence-corrected chi connectivity index (χ3v) is 5.13. The lowest BCUT2D eigenvalue weighted by Crippen LogP contribution is -2.44. The predicted octanol–water partition coefficient (Wildman–Crippen LogP) is 2.70. The molecule has 1 atom stereocenters. The van der Waals surface area contributed by atoms with Gasteiger partial charge in [-0.15, -0.1) is 24.0 Å². The van der Waals surface area contributed by atoms with Crippen molar-refractivity contribution in [3.05, 3.63) is 59.8 Å². The van der Waals surface area contributed by atoms with Gasteiger partial charge in [0.05, 0.1) is 18.7 Å². The number of hydrogen-bond donors (Lipinski definition) is 3. The third-order valence-electron chi connectivity index (χ3n) is 5.13. The largest absolute Gasteiger partial charge is 0.468 e. The summed E-state index contributed by atoms with van der Waals surface area (Å²) in [5, 5.41) is 9.39. The molecule has 3 N–H and O–H groups in total. The minimum Gasteiger partial charge on any atom is -0.468 e. The summed E-state index contributed by atoms with van der Waals surface area (Å²) in [5.74, 6) is 1.14. The first-order chi connectivity index (χ1) is 14.7. The molecule has 0 bridgehead atoms. The number of aliphatic imine (C=N–C) groups is 1. The molecule has 0 aliphatic carbocycles. The Balaban J connectivity index is 0.00000341. The molecule has 0 spiro atoms. The summed E-state index contributed by atoms with van der Waals surface area (Å²) in [6.45, 7) is 3.79. The summed E-state index contributed by atoms with van der Waals surface area (Å²) in [6.07, 6.45) is 4.28. The number of carbonyl (C=O) groups excluding carboxylic acids is 1. The summed E-state index contributed by atoms with van der Waals surface area (Å²) < 4.78 is 18.8. The van der Waals surface area contributed by atoms with E-state index in [1.165, 1.54) is 25.0 Å². The van der Waals surface area contributed by atoms with Crippen molar-refractivity contribution < 1.29 is 13.6 Å². The first-order valence-electron chi connectivity index (χ1n) is 10.4. The fourth-order valence-corrected chi connectivity index (χ4v) is 3.64. The lowest BCUT2D eigenvalue weighted by Gasteiger charge is -2.26. The molecule has 1 saturated heterocycles. The SMILES string of the molecule is CN=C(NCCNC(=O)Cc1cccc(F)c1)NCC(c1ccco1)N1CCCC1.I. The maximum atomic E-state index is 13.2. The first kappa shape index (κ1) is 25.1. The van der Waals surface area contributed by atoms with Crippen molar-refractivity contribution in [1.82, 2.24) is 20.9 Å². The van der Waals surface area contributed by atoms with Crippen molar-refractivity contribution in [2.24, 2.45) is 4.99 Å². The minimum atomic E-state index is -0.335. The zero-order chi connectivity index (χ0) is 21.2. The number of rotatable bonds is 9. The highest BCUT2D eigenvalue weighted by molar-refractivity contribution is 14.0. The second-order valence-corrected chi connectivity index (χ2v) is 7.31. The topological polar surface area (TPSA) is 81.9 Å². The number of furan rings is 1. The highest BCUT2D eigenvalue weighted by atomic mass is 127. The van der Waals surface area contributed by atoms with Gasteiger partial charge in [-0.25, -0.2) is 4.39 Å². The normalized spacial score (nSPS) is 15.2. The Hall–Kier alpha value is -2.14. The molecule has 1 unspecified atom stereocenters. The Morgan fingerprint density at radius 3 is 2.61 bits per heavy atom. The van der Waals surface area contributed by atoms with Gasteiger partial charge in [0, 0.05) is 26.7 Å². The first-order valence-corrected chi connectivity index (χ1v) is 10.4. The van der Waals surface area contributed by atoms with Crippen LogP contribution < -0.4 is 16.0 Å². The van der Waals surface area contributed by atoms with Gasteiger partial charge in [-0.3, -0.25) is 14.7 Å². The molecule has 31 heavy (non-hydrogen) atoms. The van der Waals surface area contributed by atoms with Crippen LogP contribution in [0.3, 0.4) is 0 Å². The van der Waals surface area contributed by atoms with Crippen LogP contribution in [0.15, 0.2) is 52.1 Å². The van der Waals surface area contributed by atoms with E-state index in [1.54, 1.807) is 25.4 Å². The molecule has 1 aliphatic rings. The molecule has 2 aromatic rings. The molecule has 9 heteroatoms. The Kier molecular flexibility index (Phi) is 10.8. The average Bonchev–Trinajstić information content (AvgIpc) is 3.44. The van der Waals surface area contributed by atoms with Crippen LogP contribution in [-0.4, -0.2) is 56.5 Å². The molecule has 1 aromatic carbocycles. The van der Waals surface area contributed by atoms with E-state index in [9.17, 15) is 9.18 Å². The number of nitrogens with zero attached hydrogens (tertiary/aromatic N) is 2. The lowest BCUT2D eigenvalue weighted by atomic mass is 10.1. The Bertz CT molecular complexity index is 825. The second kappa shape index (κ2) is 13.3. The number of guanidine groups is 1. The summed E-state index contributed by atoms with van der Waals surface area (Å²) in [7, 11) is 1.72. The number of halogens is 2. The quantitative estimate of drug-likeness (QED) is 0.196. The summed E-state index contributed by atoms with van der Waals surface area (Å²) in [6, 6.07) is 10.2. The number of amides is 1. The highest BCUT2D eigenvalue weighted by Crippen LogP contribution is 2.24. The zero-order valence-corrected chi connectivity index (χ0v) is 20.1. The maximum absolute atomic E-state index is 13.2. The van der Waals surface area contributed by atoms with Gasteiger partial charge in [-0.2, -0.15) is 0 Å². The summed E-state index contributed by atoms with van der Waals surface area (Å²) in [4.78, 5) is 18.7. The van der Waals surface area contributed by atoms with Crippen molar-refractivity contribution in [2.45, 2.75) is 25.3 Å². The highest BCUT2D eigenvalue weighted by Gasteiger charge is 2.25. The molecule has 0 saturated carbocycles. The molecule has 1 fully saturated rings. The van der Waals surface area contributed by atoms with E-state index in [0.29, 0.717) is 31.2 Å². The molecular weight excluding hydrogens is 512 g/mol. The molecule has 0 radical (unpaired) electrons. The number of likely N-dealkylation sites (tertiary alicyclic amines) is 1. The van der Waals surface area contributed by atoms with Crippen molar-refractivity contribution in [3.63, 3.8) is 0 Å². The summed E-state index contributed by atoms with van der Waals surface area (Å²) in [5.41, 5.74) is 0.656. The van der Waals surface area contributed by atoms with Gasteiger partial charge in [0.15, 0.2) is 5.96 Å².